The van der Waals surface area contributed by atoms with Crippen molar-refractivity contribution in [3.63, 3.8) is 0 Å². The minimum Gasteiger partial charge on any atom is -0.491 e. The maximum Gasteiger partial charge on any atom is 0.247 e. The standard InChI is InChI=1S/C22H26N4O3/c1-17-23-24-22(29-17)18-6-5-9-21(14-18)28-16-20(27)15-25-10-12-26(13-11-25)19-7-3-2-4-8-19/h2-9,14,20,27H,10-13,15-16H2,1H3. The minimum atomic E-state index is -0.549. The van der Waals surface area contributed by atoms with E-state index in [9.17, 15) is 5.11 Å². The molecule has 1 saturated heterocycles. The maximum absolute atomic E-state index is 10.4. The van der Waals surface area contributed by atoms with Crippen LogP contribution in [0.5, 0.6) is 5.75 Å². The first-order chi connectivity index (χ1) is 14.2. The molecular weight excluding hydrogens is 368 g/mol. The van der Waals surface area contributed by atoms with Gasteiger partial charge in [0.15, 0.2) is 0 Å². The lowest BCUT2D eigenvalue weighted by Gasteiger charge is -2.36. The monoisotopic (exact) mass is 394 g/mol. The first kappa shape index (κ1) is 19.4. The third-order valence-electron chi connectivity index (χ3n) is 5.01. The summed E-state index contributed by atoms with van der Waals surface area (Å²) in [4.78, 5) is 4.66. The summed E-state index contributed by atoms with van der Waals surface area (Å²) >= 11 is 0. The zero-order valence-corrected chi connectivity index (χ0v) is 16.6. The van der Waals surface area contributed by atoms with Gasteiger partial charge in [0.05, 0.1) is 0 Å². The Morgan fingerprint density at radius 3 is 2.55 bits per heavy atom. The van der Waals surface area contributed by atoms with Crippen molar-refractivity contribution < 1.29 is 14.3 Å². The number of hydrogen-bond donors (Lipinski definition) is 1. The number of nitrogens with zero attached hydrogens (tertiary/aromatic N) is 4. The number of para-hydroxylation sites is 1. The van der Waals surface area contributed by atoms with Crippen LogP contribution in [0.25, 0.3) is 11.5 Å². The SMILES string of the molecule is Cc1nnc(-c2cccc(OCC(O)CN3CCN(c4ccccc4)CC3)c2)o1. The Labute approximate surface area is 170 Å². The normalized spacial score (nSPS) is 16.0. The Balaban J connectivity index is 1.24. The van der Waals surface area contributed by atoms with Gasteiger partial charge in [-0.1, -0.05) is 24.3 Å². The third kappa shape index (κ3) is 5.13. The highest BCUT2D eigenvalue weighted by Gasteiger charge is 2.19. The Morgan fingerprint density at radius 1 is 1.03 bits per heavy atom. The molecule has 1 N–H and O–H groups in total. The smallest absolute Gasteiger partial charge is 0.247 e. The number of rotatable bonds is 7. The lowest BCUT2D eigenvalue weighted by molar-refractivity contribution is 0.0663. The first-order valence-electron chi connectivity index (χ1n) is 9.91. The summed E-state index contributed by atoms with van der Waals surface area (Å²) in [6.07, 6.45) is -0.549. The largest absolute Gasteiger partial charge is 0.491 e. The summed E-state index contributed by atoms with van der Waals surface area (Å²) in [6, 6.07) is 17.9. The number of β-amino-alcohol motifs (C(OH)–C–C–N with tert-alkyl or cyclic N) is 1. The average Bonchev–Trinajstić information content (AvgIpc) is 3.20. The van der Waals surface area contributed by atoms with Crippen LogP contribution in [0.2, 0.25) is 0 Å². The van der Waals surface area contributed by atoms with Gasteiger partial charge in [-0.2, -0.15) is 0 Å². The topological polar surface area (TPSA) is 74.9 Å². The van der Waals surface area contributed by atoms with E-state index in [4.69, 9.17) is 9.15 Å². The summed E-state index contributed by atoms with van der Waals surface area (Å²) < 4.78 is 11.2. The maximum atomic E-state index is 10.4. The van der Waals surface area contributed by atoms with Crippen molar-refractivity contribution in [3.8, 4) is 17.2 Å². The summed E-state index contributed by atoms with van der Waals surface area (Å²) in [5.74, 6) is 1.66. The Morgan fingerprint density at radius 2 is 1.83 bits per heavy atom. The first-order valence-corrected chi connectivity index (χ1v) is 9.91. The molecule has 1 unspecified atom stereocenters. The number of hydrogen-bond acceptors (Lipinski definition) is 7. The summed E-state index contributed by atoms with van der Waals surface area (Å²) in [5, 5.41) is 18.3. The van der Waals surface area contributed by atoms with E-state index < -0.39 is 6.10 Å². The molecule has 1 aliphatic rings. The van der Waals surface area contributed by atoms with Gasteiger partial charge in [-0.25, -0.2) is 0 Å². The highest BCUT2D eigenvalue weighted by molar-refractivity contribution is 5.55. The third-order valence-corrected chi connectivity index (χ3v) is 5.01. The summed E-state index contributed by atoms with van der Waals surface area (Å²) in [5.41, 5.74) is 2.06. The highest BCUT2D eigenvalue weighted by atomic mass is 16.5. The van der Waals surface area contributed by atoms with E-state index in [-0.39, 0.29) is 6.61 Å². The molecule has 2 heterocycles. The molecule has 29 heavy (non-hydrogen) atoms. The molecule has 7 nitrogen and oxygen atoms in total. The number of aryl methyl sites for hydroxylation is 1. The van der Waals surface area contributed by atoms with Crippen molar-refractivity contribution in [1.29, 1.82) is 0 Å². The Kier molecular flexibility index (Phi) is 6.07. The van der Waals surface area contributed by atoms with Crippen molar-refractivity contribution in [2.75, 3.05) is 44.2 Å². The van der Waals surface area contributed by atoms with E-state index in [1.807, 2.05) is 30.3 Å². The number of anilines is 1. The number of aliphatic hydroxyl groups excluding tert-OH is 1. The molecule has 0 aliphatic carbocycles. The van der Waals surface area contributed by atoms with Crippen LogP contribution in [0.1, 0.15) is 5.89 Å². The van der Waals surface area contributed by atoms with Crippen molar-refractivity contribution in [2.24, 2.45) is 0 Å². The number of aliphatic hydroxyl groups is 1. The van der Waals surface area contributed by atoms with E-state index in [0.29, 0.717) is 24.1 Å². The van der Waals surface area contributed by atoms with Crippen LogP contribution in [-0.4, -0.2) is 65.6 Å². The molecule has 1 atom stereocenters. The van der Waals surface area contributed by atoms with Gasteiger partial charge in [0.2, 0.25) is 11.8 Å². The van der Waals surface area contributed by atoms with Gasteiger partial charge >= 0.3 is 0 Å². The predicted octanol–water partition coefficient (Wildman–Crippen LogP) is 2.61. The molecule has 4 rings (SSSR count). The molecule has 0 spiro atoms. The fourth-order valence-electron chi connectivity index (χ4n) is 3.50. The highest BCUT2D eigenvalue weighted by Crippen LogP contribution is 2.23. The van der Waals surface area contributed by atoms with Crippen molar-refractivity contribution in [1.82, 2.24) is 15.1 Å². The van der Waals surface area contributed by atoms with Gasteiger partial charge < -0.3 is 19.2 Å². The Hall–Kier alpha value is -2.90. The van der Waals surface area contributed by atoms with Crippen LogP contribution in [-0.2, 0) is 0 Å². The molecule has 0 amide bonds. The second kappa shape index (κ2) is 9.07. The van der Waals surface area contributed by atoms with Gasteiger partial charge in [-0.05, 0) is 30.3 Å². The van der Waals surface area contributed by atoms with Crippen LogP contribution >= 0.6 is 0 Å². The second-order valence-electron chi connectivity index (χ2n) is 7.24. The van der Waals surface area contributed by atoms with Gasteiger partial charge in [0.25, 0.3) is 0 Å². The molecule has 1 fully saturated rings. The molecule has 0 saturated carbocycles. The lowest BCUT2D eigenvalue weighted by Crippen LogP contribution is -2.49. The zero-order chi connectivity index (χ0) is 20.1. The predicted molar refractivity (Wildman–Crippen MR) is 111 cm³/mol. The molecule has 2 aromatic carbocycles. The van der Waals surface area contributed by atoms with Gasteiger partial charge in [0.1, 0.15) is 18.5 Å². The number of ether oxygens (including phenoxy) is 1. The molecular formula is C22H26N4O3. The molecule has 7 heteroatoms. The van der Waals surface area contributed by atoms with Crippen LogP contribution in [0.4, 0.5) is 5.69 Å². The zero-order valence-electron chi connectivity index (χ0n) is 16.6. The molecule has 1 aromatic heterocycles. The average molecular weight is 394 g/mol. The molecule has 152 valence electrons. The quantitative estimate of drug-likeness (QED) is 0.660. The van der Waals surface area contributed by atoms with Crippen LogP contribution in [0.15, 0.2) is 59.0 Å². The van der Waals surface area contributed by atoms with Gasteiger partial charge in [-0.15, -0.1) is 10.2 Å². The van der Waals surface area contributed by atoms with E-state index in [1.165, 1.54) is 5.69 Å². The molecule has 0 bridgehead atoms. The molecule has 3 aromatic rings. The van der Waals surface area contributed by atoms with E-state index >= 15 is 0 Å². The van der Waals surface area contributed by atoms with Crippen molar-refractivity contribution >= 4 is 5.69 Å². The second-order valence-corrected chi connectivity index (χ2v) is 7.24. The molecule has 0 radical (unpaired) electrons. The minimum absolute atomic E-state index is 0.241. The molecule has 1 aliphatic heterocycles. The number of aromatic nitrogens is 2. The fourth-order valence-corrected chi connectivity index (χ4v) is 3.50. The number of benzene rings is 2. The Bertz CT molecular complexity index is 907. The van der Waals surface area contributed by atoms with Gasteiger partial charge in [-0.3, -0.25) is 4.90 Å². The van der Waals surface area contributed by atoms with Crippen molar-refractivity contribution in [2.45, 2.75) is 13.0 Å². The lowest BCUT2D eigenvalue weighted by atomic mass is 10.2. The van der Waals surface area contributed by atoms with E-state index in [2.05, 4.69) is 44.3 Å². The van der Waals surface area contributed by atoms with E-state index in [1.54, 1.807) is 6.92 Å². The van der Waals surface area contributed by atoms with Crippen LogP contribution in [0, 0.1) is 6.92 Å². The number of piperazine rings is 1. The van der Waals surface area contributed by atoms with Crippen LogP contribution in [0.3, 0.4) is 0 Å². The van der Waals surface area contributed by atoms with Gasteiger partial charge in [0, 0.05) is 50.9 Å². The van der Waals surface area contributed by atoms with Crippen LogP contribution < -0.4 is 9.64 Å². The fraction of sp³-hybridized carbons (Fsp3) is 0.364. The van der Waals surface area contributed by atoms with Crippen molar-refractivity contribution in [3.05, 3.63) is 60.5 Å². The summed E-state index contributed by atoms with van der Waals surface area (Å²) in [6.45, 7) is 6.38. The van der Waals surface area contributed by atoms with E-state index in [0.717, 1.165) is 31.7 Å². The summed E-state index contributed by atoms with van der Waals surface area (Å²) in [7, 11) is 0.